The van der Waals surface area contributed by atoms with Crippen LogP contribution in [0.15, 0.2) is 29.4 Å². The SMILES string of the molecule is N/C(=N\OC(=O)Nc1cccc(Cl)c1)C(Cl)(Cl)Cl. The lowest BCUT2D eigenvalue weighted by atomic mass is 10.3. The highest BCUT2D eigenvalue weighted by atomic mass is 35.6. The van der Waals surface area contributed by atoms with Gasteiger partial charge in [-0.2, -0.15) is 0 Å². The van der Waals surface area contributed by atoms with Gasteiger partial charge in [0.1, 0.15) is 0 Å². The molecule has 0 fully saturated rings. The van der Waals surface area contributed by atoms with E-state index in [4.69, 9.17) is 52.1 Å². The van der Waals surface area contributed by atoms with Gasteiger partial charge in [0.25, 0.3) is 3.79 Å². The van der Waals surface area contributed by atoms with Crippen LogP contribution in [0.4, 0.5) is 10.5 Å². The van der Waals surface area contributed by atoms with Crippen LogP contribution < -0.4 is 11.1 Å². The van der Waals surface area contributed by atoms with Gasteiger partial charge in [0.2, 0.25) is 0 Å². The summed E-state index contributed by atoms with van der Waals surface area (Å²) in [5.41, 5.74) is 5.67. The van der Waals surface area contributed by atoms with Gasteiger partial charge in [-0.3, -0.25) is 10.2 Å². The maximum atomic E-state index is 11.3. The average Bonchev–Trinajstić information content (AvgIpc) is 2.24. The number of nitrogens with one attached hydrogen (secondary N) is 1. The summed E-state index contributed by atoms with van der Waals surface area (Å²) >= 11 is 21.9. The standard InChI is InChI=1S/C9H7Cl4N3O2/c10-5-2-1-3-6(4-5)15-8(17)18-16-7(14)9(11,12)13/h1-4H,(H2,14,16)(H,15,17). The molecule has 1 rings (SSSR count). The highest BCUT2D eigenvalue weighted by Crippen LogP contribution is 2.25. The van der Waals surface area contributed by atoms with E-state index in [-0.39, 0.29) is 0 Å². The number of amides is 1. The summed E-state index contributed by atoms with van der Waals surface area (Å²) in [4.78, 5) is 15.7. The lowest BCUT2D eigenvalue weighted by Gasteiger charge is -2.08. The van der Waals surface area contributed by atoms with E-state index in [0.29, 0.717) is 10.7 Å². The number of halogens is 4. The Morgan fingerprint density at radius 3 is 2.61 bits per heavy atom. The lowest BCUT2D eigenvalue weighted by molar-refractivity contribution is 0.166. The zero-order valence-corrected chi connectivity index (χ0v) is 11.7. The normalized spacial score (nSPS) is 12.1. The molecule has 0 aliphatic carbocycles. The molecule has 0 bridgehead atoms. The number of nitrogens with two attached hydrogens (primary N) is 1. The molecule has 0 aliphatic rings. The van der Waals surface area contributed by atoms with E-state index in [1.165, 1.54) is 6.07 Å². The second-order valence-electron chi connectivity index (χ2n) is 2.99. The van der Waals surface area contributed by atoms with Crippen molar-refractivity contribution in [3.63, 3.8) is 0 Å². The van der Waals surface area contributed by atoms with E-state index in [0.717, 1.165) is 0 Å². The molecule has 5 nitrogen and oxygen atoms in total. The van der Waals surface area contributed by atoms with E-state index in [1.54, 1.807) is 18.2 Å². The van der Waals surface area contributed by atoms with E-state index < -0.39 is 15.7 Å². The Labute approximate surface area is 123 Å². The van der Waals surface area contributed by atoms with Gasteiger partial charge in [-0.15, -0.1) is 0 Å². The number of rotatable bonds is 2. The highest BCUT2D eigenvalue weighted by molar-refractivity contribution is 6.76. The number of carbonyl (C=O) groups is 1. The Morgan fingerprint density at radius 1 is 1.39 bits per heavy atom. The molecule has 18 heavy (non-hydrogen) atoms. The zero-order chi connectivity index (χ0) is 13.8. The smallest absolute Gasteiger partial charge is 0.381 e. The van der Waals surface area contributed by atoms with Gasteiger partial charge in [0.15, 0.2) is 5.84 Å². The van der Waals surface area contributed by atoms with E-state index >= 15 is 0 Å². The summed E-state index contributed by atoms with van der Waals surface area (Å²) in [7, 11) is 0. The van der Waals surface area contributed by atoms with Gasteiger partial charge in [-0.1, -0.05) is 57.6 Å². The molecule has 0 unspecified atom stereocenters. The minimum atomic E-state index is -1.93. The summed E-state index contributed by atoms with van der Waals surface area (Å²) < 4.78 is -1.93. The molecule has 0 radical (unpaired) electrons. The molecule has 0 saturated carbocycles. The Kier molecular flexibility index (Phi) is 5.34. The first-order valence-corrected chi connectivity index (χ1v) is 5.94. The van der Waals surface area contributed by atoms with Crippen LogP contribution in [0.25, 0.3) is 0 Å². The van der Waals surface area contributed by atoms with Gasteiger partial charge in [0.05, 0.1) is 0 Å². The number of benzene rings is 1. The molecule has 0 heterocycles. The molecule has 0 aromatic heterocycles. The van der Waals surface area contributed by atoms with Crippen molar-refractivity contribution in [3.8, 4) is 0 Å². The van der Waals surface area contributed by atoms with Crippen molar-refractivity contribution in [1.82, 2.24) is 0 Å². The summed E-state index contributed by atoms with van der Waals surface area (Å²) in [5, 5.41) is 5.98. The van der Waals surface area contributed by atoms with Crippen LogP contribution >= 0.6 is 46.4 Å². The minimum Gasteiger partial charge on any atom is -0.381 e. The number of alkyl halides is 3. The molecule has 3 N–H and O–H groups in total. The molecular weight excluding hydrogens is 324 g/mol. The number of hydrogen-bond acceptors (Lipinski definition) is 3. The minimum absolute atomic E-state index is 0.426. The molecule has 9 heteroatoms. The van der Waals surface area contributed by atoms with Crippen LogP contribution in [-0.4, -0.2) is 15.7 Å². The summed E-state index contributed by atoms with van der Waals surface area (Å²) in [6.45, 7) is 0. The molecule has 1 aromatic carbocycles. The van der Waals surface area contributed by atoms with Crippen molar-refractivity contribution in [1.29, 1.82) is 0 Å². The number of hydrogen-bond donors (Lipinski definition) is 2. The number of oxime groups is 1. The van der Waals surface area contributed by atoms with E-state index in [1.807, 2.05) is 0 Å². The molecule has 0 aliphatic heterocycles. The Morgan fingerprint density at radius 2 is 2.06 bits per heavy atom. The van der Waals surface area contributed by atoms with Crippen LogP contribution in [0.1, 0.15) is 0 Å². The van der Waals surface area contributed by atoms with Crippen LogP contribution in [0.2, 0.25) is 5.02 Å². The van der Waals surface area contributed by atoms with Crippen LogP contribution in [-0.2, 0) is 4.84 Å². The largest absolute Gasteiger partial charge is 0.437 e. The number of anilines is 1. The fourth-order valence-corrected chi connectivity index (χ4v) is 1.14. The van der Waals surface area contributed by atoms with Gasteiger partial charge >= 0.3 is 6.09 Å². The zero-order valence-electron chi connectivity index (χ0n) is 8.66. The molecule has 1 aromatic rings. The molecule has 98 valence electrons. The highest BCUT2D eigenvalue weighted by Gasteiger charge is 2.26. The van der Waals surface area contributed by atoms with Gasteiger partial charge in [0, 0.05) is 10.7 Å². The average molecular weight is 331 g/mol. The maximum absolute atomic E-state index is 11.3. The Balaban J connectivity index is 2.58. The predicted octanol–water partition coefficient (Wildman–Crippen LogP) is 3.53. The fraction of sp³-hybridized carbons (Fsp3) is 0.111. The van der Waals surface area contributed by atoms with Crippen molar-refractivity contribution in [2.45, 2.75) is 3.79 Å². The summed E-state index contributed by atoms with van der Waals surface area (Å²) in [6.07, 6.45) is -0.894. The van der Waals surface area contributed by atoms with Crippen molar-refractivity contribution in [2.24, 2.45) is 10.9 Å². The van der Waals surface area contributed by atoms with Crippen LogP contribution in [0, 0.1) is 0 Å². The van der Waals surface area contributed by atoms with Crippen LogP contribution in [0.5, 0.6) is 0 Å². The molecular formula is C9H7Cl4N3O2. The second kappa shape index (κ2) is 6.33. The Bertz CT molecular complexity index is 473. The third-order valence-corrected chi connectivity index (χ3v) is 2.40. The first-order chi connectivity index (χ1) is 8.29. The van der Waals surface area contributed by atoms with Crippen molar-refractivity contribution in [3.05, 3.63) is 29.3 Å². The molecule has 0 saturated heterocycles. The molecule has 1 amide bonds. The third-order valence-electron chi connectivity index (χ3n) is 1.59. The summed E-state index contributed by atoms with van der Waals surface area (Å²) in [6, 6.07) is 6.42. The monoisotopic (exact) mass is 329 g/mol. The molecule has 0 spiro atoms. The fourth-order valence-electron chi connectivity index (χ4n) is 0.849. The van der Waals surface area contributed by atoms with Crippen molar-refractivity contribution in [2.75, 3.05) is 5.32 Å². The lowest BCUT2D eigenvalue weighted by Crippen LogP contribution is -2.29. The summed E-state index contributed by atoms with van der Waals surface area (Å²) in [5.74, 6) is -0.464. The van der Waals surface area contributed by atoms with Crippen molar-refractivity contribution < 1.29 is 9.63 Å². The van der Waals surface area contributed by atoms with E-state index in [2.05, 4.69) is 15.3 Å². The number of nitrogens with zero attached hydrogens (tertiary/aromatic N) is 1. The predicted molar refractivity (Wildman–Crippen MR) is 73.5 cm³/mol. The van der Waals surface area contributed by atoms with Gasteiger partial charge in [-0.05, 0) is 18.2 Å². The first-order valence-electron chi connectivity index (χ1n) is 4.43. The topological polar surface area (TPSA) is 76.7 Å². The molecule has 0 atom stereocenters. The third kappa shape index (κ3) is 5.18. The first kappa shape index (κ1) is 15.2. The van der Waals surface area contributed by atoms with Crippen LogP contribution in [0.3, 0.4) is 0 Å². The maximum Gasteiger partial charge on any atom is 0.437 e. The second-order valence-corrected chi connectivity index (χ2v) is 5.71. The van der Waals surface area contributed by atoms with Gasteiger partial charge < -0.3 is 5.73 Å². The van der Waals surface area contributed by atoms with Gasteiger partial charge in [-0.25, -0.2) is 4.79 Å². The Hall–Kier alpha value is -0.880. The quantitative estimate of drug-likeness (QED) is 0.286. The van der Waals surface area contributed by atoms with Crippen molar-refractivity contribution >= 4 is 64.0 Å². The number of amidine groups is 1. The van der Waals surface area contributed by atoms with E-state index in [9.17, 15) is 4.79 Å². The number of carbonyl (C=O) groups excluding carboxylic acids is 1.